The molecule has 1 aliphatic rings. The molecule has 1 fully saturated rings. The van der Waals surface area contributed by atoms with Crippen molar-refractivity contribution in [2.45, 2.75) is 44.4 Å². The van der Waals surface area contributed by atoms with Crippen LogP contribution in [0.1, 0.15) is 42.1 Å². The predicted octanol–water partition coefficient (Wildman–Crippen LogP) is 4.71. The third-order valence-electron chi connectivity index (χ3n) is 5.11. The highest BCUT2D eigenvalue weighted by atomic mass is 35.5. The molecule has 0 aliphatic heterocycles. The van der Waals surface area contributed by atoms with Crippen LogP contribution in [-0.4, -0.2) is 32.6 Å². The van der Waals surface area contributed by atoms with E-state index in [0.717, 1.165) is 24.2 Å². The average molecular weight is 468 g/mol. The Morgan fingerprint density at radius 3 is 2.81 bits per heavy atom. The number of rotatable bonds is 8. The normalized spacial score (nSPS) is 13.9. The molecule has 32 heavy (non-hydrogen) atoms. The van der Waals surface area contributed by atoms with E-state index in [0.29, 0.717) is 17.9 Å². The first kappa shape index (κ1) is 22.2. The third kappa shape index (κ3) is 5.07. The number of carbonyl (C=O) groups excluding carboxylic acids is 1. The summed E-state index contributed by atoms with van der Waals surface area (Å²) in [5.74, 6) is 0.345. The van der Waals surface area contributed by atoms with Gasteiger partial charge < -0.3 is 10.1 Å². The molecule has 2 heterocycles. The zero-order chi connectivity index (χ0) is 22.9. The lowest BCUT2D eigenvalue weighted by atomic mass is 10.2. The van der Waals surface area contributed by atoms with Gasteiger partial charge in [0.2, 0.25) is 5.91 Å². The summed E-state index contributed by atoms with van der Waals surface area (Å²) in [5.41, 5.74) is 0.738. The minimum Gasteiger partial charge on any atom is -0.497 e. The summed E-state index contributed by atoms with van der Waals surface area (Å²) >= 11 is 5.96. The van der Waals surface area contributed by atoms with Crippen LogP contribution in [0.15, 0.2) is 36.7 Å². The lowest BCUT2D eigenvalue weighted by molar-refractivity contribution is -0.141. The summed E-state index contributed by atoms with van der Waals surface area (Å²) in [6, 6.07) is 7.55. The number of benzene rings is 1. The van der Waals surface area contributed by atoms with E-state index >= 15 is 0 Å². The summed E-state index contributed by atoms with van der Waals surface area (Å²) in [5, 5.41) is 10.2. The topological polar surface area (TPSA) is 74.0 Å². The van der Waals surface area contributed by atoms with Crippen LogP contribution in [0.4, 0.5) is 18.9 Å². The molecule has 170 valence electrons. The van der Waals surface area contributed by atoms with Crippen molar-refractivity contribution >= 4 is 23.2 Å². The number of hydrogen-bond acceptors (Lipinski definition) is 4. The highest BCUT2D eigenvalue weighted by Gasteiger charge is 2.42. The number of anilines is 1. The largest absolute Gasteiger partial charge is 0.497 e. The SMILES string of the molecule is COc1cccc(Cn2cc(NC(=O)CCn3nc(C(F)(F)F)c(Cl)c3C3CC3)cn2)c1. The maximum absolute atomic E-state index is 13.2. The summed E-state index contributed by atoms with van der Waals surface area (Å²) in [6.45, 7) is 0.495. The monoisotopic (exact) mass is 467 g/mol. The van der Waals surface area contributed by atoms with E-state index in [9.17, 15) is 18.0 Å². The van der Waals surface area contributed by atoms with E-state index in [-0.39, 0.29) is 29.8 Å². The van der Waals surface area contributed by atoms with E-state index in [2.05, 4.69) is 15.5 Å². The second-order valence-corrected chi connectivity index (χ2v) is 8.00. The Bertz CT molecular complexity index is 1120. The van der Waals surface area contributed by atoms with Crippen LogP contribution in [0.2, 0.25) is 5.02 Å². The molecule has 0 atom stereocenters. The molecular weight excluding hydrogens is 447 g/mol. The van der Waals surface area contributed by atoms with Gasteiger partial charge in [-0.1, -0.05) is 23.7 Å². The Labute approximate surface area is 187 Å². The summed E-state index contributed by atoms with van der Waals surface area (Å²) < 4.78 is 47.6. The van der Waals surface area contributed by atoms with Crippen LogP contribution in [0.25, 0.3) is 0 Å². The number of halogens is 4. The number of hydrogen-bond donors (Lipinski definition) is 1. The summed E-state index contributed by atoms with van der Waals surface area (Å²) in [4.78, 5) is 12.4. The Hall–Kier alpha value is -3.01. The minimum atomic E-state index is -4.63. The van der Waals surface area contributed by atoms with Gasteiger partial charge in [-0.2, -0.15) is 23.4 Å². The highest BCUT2D eigenvalue weighted by Crippen LogP contribution is 2.46. The van der Waals surface area contributed by atoms with Crippen LogP contribution in [-0.2, 0) is 24.1 Å². The lowest BCUT2D eigenvalue weighted by Gasteiger charge is -2.07. The molecule has 1 N–H and O–H groups in total. The van der Waals surface area contributed by atoms with Crippen molar-refractivity contribution in [2.75, 3.05) is 12.4 Å². The number of aromatic nitrogens is 4. The van der Waals surface area contributed by atoms with Crippen molar-refractivity contribution in [1.29, 1.82) is 0 Å². The van der Waals surface area contributed by atoms with Gasteiger partial charge in [0, 0.05) is 18.5 Å². The molecule has 0 bridgehead atoms. The van der Waals surface area contributed by atoms with E-state index in [1.807, 2.05) is 24.3 Å². The van der Waals surface area contributed by atoms with Gasteiger partial charge in [0.15, 0.2) is 5.69 Å². The van der Waals surface area contributed by atoms with Crippen molar-refractivity contribution in [3.05, 3.63) is 58.6 Å². The molecular formula is C21H21ClF3N5O2. The second-order valence-electron chi connectivity index (χ2n) is 7.62. The van der Waals surface area contributed by atoms with Crippen molar-refractivity contribution in [3.63, 3.8) is 0 Å². The number of nitrogens with zero attached hydrogens (tertiary/aromatic N) is 4. The van der Waals surface area contributed by atoms with Crippen molar-refractivity contribution < 1.29 is 22.7 Å². The number of carbonyl (C=O) groups is 1. The zero-order valence-corrected chi connectivity index (χ0v) is 18.0. The van der Waals surface area contributed by atoms with Crippen LogP contribution < -0.4 is 10.1 Å². The van der Waals surface area contributed by atoms with Crippen LogP contribution in [0.5, 0.6) is 5.75 Å². The Morgan fingerprint density at radius 2 is 2.12 bits per heavy atom. The molecule has 1 aromatic carbocycles. The molecule has 0 unspecified atom stereocenters. The van der Waals surface area contributed by atoms with E-state index in [1.165, 1.54) is 10.9 Å². The Kier molecular flexibility index (Phi) is 6.14. The van der Waals surface area contributed by atoms with E-state index < -0.39 is 11.9 Å². The van der Waals surface area contributed by atoms with Gasteiger partial charge in [0.05, 0.1) is 42.8 Å². The third-order valence-corrected chi connectivity index (χ3v) is 5.48. The van der Waals surface area contributed by atoms with Crippen LogP contribution in [0, 0.1) is 0 Å². The molecule has 1 amide bonds. The number of methoxy groups -OCH3 is 1. The molecule has 0 spiro atoms. The molecule has 11 heteroatoms. The first-order valence-electron chi connectivity index (χ1n) is 10.0. The fraction of sp³-hybridized carbons (Fsp3) is 0.381. The fourth-order valence-corrected chi connectivity index (χ4v) is 3.85. The Morgan fingerprint density at radius 1 is 1.34 bits per heavy atom. The van der Waals surface area contributed by atoms with Gasteiger partial charge >= 0.3 is 6.18 Å². The fourth-order valence-electron chi connectivity index (χ4n) is 3.45. The number of aryl methyl sites for hydroxylation is 1. The standard InChI is InChI=1S/C21H21ClF3N5O2/c1-32-16-4-2-3-13(9-16)11-29-12-15(10-26-29)27-17(31)7-8-30-19(14-5-6-14)18(22)20(28-30)21(23,24)25/h2-4,9-10,12,14H,5-8,11H2,1H3,(H,27,31). The summed E-state index contributed by atoms with van der Waals surface area (Å²) in [7, 11) is 1.59. The quantitative estimate of drug-likeness (QED) is 0.520. The maximum atomic E-state index is 13.2. The van der Waals surface area contributed by atoms with Crippen molar-refractivity contribution in [2.24, 2.45) is 0 Å². The minimum absolute atomic E-state index is 0.00537. The zero-order valence-electron chi connectivity index (χ0n) is 17.2. The van der Waals surface area contributed by atoms with Gasteiger partial charge in [-0.3, -0.25) is 14.2 Å². The van der Waals surface area contributed by atoms with Gasteiger partial charge in [-0.25, -0.2) is 0 Å². The number of amides is 1. The second kappa shape index (κ2) is 8.85. The van der Waals surface area contributed by atoms with Gasteiger partial charge in [-0.15, -0.1) is 0 Å². The highest BCUT2D eigenvalue weighted by molar-refractivity contribution is 6.32. The first-order valence-corrected chi connectivity index (χ1v) is 10.4. The van der Waals surface area contributed by atoms with Crippen LogP contribution >= 0.6 is 11.6 Å². The van der Waals surface area contributed by atoms with Gasteiger partial charge in [0.1, 0.15) is 5.75 Å². The molecule has 3 aromatic rings. The lowest BCUT2D eigenvalue weighted by Crippen LogP contribution is -2.16. The molecule has 1 saturated carbocycles. The summed E-state index contributed by atoms with van der Waals surface area (Å²) in [6.07, 6.45) is 0.0458. The van der Waals surface area contributed by atoms with E-state index in [1.54, 1.807) is 18.0 Å². The maximum Gasteiger partial charge on any atom is 0.436 e. The van der Waals surface area contributed by atoms with Gasteiger partial charge in [0.25, 0.3) is 0 Å². The van der Waals surface area contributed by atoms with Gasteiger partial charge in [-0.05, 0) is 30.5 Å². The number of alkyl halides is 3. The number of nitrogens with one attached hydrogen (secondary N) is 1. The molecule has 2 aromatic heterocycles. The predicted molar refractivity (Wildman–Crippen MR) is 112 cm³/mol. The first-order chi connectivity index (χ1) is 15.2. The molecule has 0 saturated heterocycles. The molecule has 4 rings (SSSR count). The van der Waals surface area contributed by atoms with Crippen molar-refractivity contribution in [1.82, 2.24) is 19.6 Å². The molecule has 1 aliphatic carbocycles. The number of ether oxygens (including phenoxy) is 1. The molecule has 0 radical (unpaired) electrons. The van der Waals surface area contributed by atoms with Crippen LogP contribution in [0.3, 0.4) is 0 Å². The van der Waals surface area contributed by atoms with Crippen molar-refractivity contribution in [3.8, 4) is 5.75 Å². The van der Waals surface area contributed by atoms with E-state index in [4.69, 9.17) is 16.3 Å². The average Bonchev–Trinajstić information content (AvgIpc) is 3.39. The Balaban J connectivity index is 1.37. The molecule has 7 nitrogen and oxygen atoms in total. The smallest absolute Gasteiger partial charge is 0.436 e.